The van der Waals surface area contributed by atoms with Crippen LogP contribution in [0.2, 0.25) is 0 Å². The lowest BCUT2D eigenvalue weighted by Crippen LogP contribution is -2.51. The van der Waals surface area contributed by atoms with Gasteiger partial charge in [0.25, 0.3) is 5.91 Å². The second kappa shape index (κ2) is 8.80. The van der Waals surface area contributed by atoms with Gasteiger partial charge >= 0.3 is 6.09 Å². The molecule has 6 heteroatoms. The number of rotatable bonds is 3. The summed E-state index contributed by atoms with van der Waals surface area (Å²) >= 11 is 0. The van der Waals surface area contributed by atoms with E-state index in [1.165, 1.54) is 12.8 Å². The molecular weight excluding hydrogens is 368 g/mol. The molecule has 2 saturated heterocycles. The first-order valence-electron chi connectivity index (χ1n) is 11.4. The zero-order valence-electron chi connectivity index (χ0n) is 17.8. The summed E-state index contributed by atoms with van der Waals surface area (Å²) in [6.45, 7) is 6.14. The molecule has 3 fully saturated rings. The SMILES string of the molecule is Cc1cc(C(=O)N2CCCCC2C2CCN(C(=O)OC3CCCC3)CC2)oc1C. The number of carbonyl (C=O) groups excluding carboxylic acids is 2. The van der Waals surface area contributed by atoms with Crippen LogP contribution in [0.15, 0.2) is 10.5 Å². The number of likely N-dealkylation sites (tertiary alicyclic amines) is 2. The van der Waals surface area contributed by atoms with E-state index >= 15 is 0 Å². The van der Waals surface area contributed by atoms with Gasteiger partial charge in [0, 0.05) is 25.7 Å². The standard InChI is InChI=1S/C23H34N2O4/c1-16-15-21(28-17(16)2)22(26)25-12-6-5-9-20(25)18-10-13-24(14-11-18)23(27)29-19-7-3-4-8-19/h15,18-20H,3-14H2,1-2H3. The highest BCUT2D eigenvalue weighted by Gasteiger charge is 2.37. The molecular formula is C23H34N2O4. The molecule has 1 saturated carbocycles. The van der Waals surface area contributed by atoms with Crippen molar-refractivity contribution in [2.24, 2.45) is 5.92 Å². The van der Waals surface area contributed by atoms with E-state index < -0.39 is 0 Å². The average molecular weight is 403 g/mol. The van der Waals surface area contributed by atoms with Gasteiger partial charge in [-0.2, -0.15) is 0 Å². The molecule has 1 aromatic rings. The molecule has 1 aliphatic carbocycles. The molecule has 0 bridgehead atoms. The summed E-state index contributed by atoms with van der Waals surface area (Å²) in [6.07, 6.45) is 9.44. The van der Waals surface area contributed by atoms with E-state index in [4.69, 9.17) is 9.15 Å². The molecule has 160 valence electrons. The van der Waals surface area contributed by atoms with E-state index in [9.17, 15) is 9.59 Å². The Balaban J connectivity index is 1.35. The van der Waals surface area contributed by atoms with Crippen molar-refractivity contribution in [1.29, 1.82) is 0 Å². The van der Waals surface area contributed by atoms with Crippen LogP contribution < -0.4 is 0 Å². The number of amides is 2. The van der Waals surface area contributed by atoms with E-state index in [0.29, 0.717) is 11.7 Å². The highest BCUT2D eigenvalue weighted by Crippen LogP contribution is 2.32. The third-order valence-corrected chi connectivity index (χ3v) is 7.10. The maximum absolute atomic E-state index is 13.1. The van der Waals surface area contributed by atoms with Crippen LogP contribution in [0, 0.1) is 19.8 Å². The summed E-state index contributed by atoms with van der Waals surface area (Å²) in [5, 5.41) is 0. The quantitative estimate of drug-likeness (QED) is 0.736. The molecule has 0 spiro atoms. The van der Waals surface area contributed by atoms with Crippen molar-refractivity contribution < 1.29 is 18.7 Å². The fourth-order valence-corrected chi connectivity index (χ4v) is 5.21. The van der Waals surface area contributed by atoms with Crippen LogP contribution >= 0.6 is 0 Å². The van der Waals surface area contributed by atoms with E-state index in [0.717, 1.165) is 75.9 Å². The lowest BCUT2D eigenvalue weighted by atomic mass is 9.83. The molecule has 6 nitrogen and oxygen atoms in total. The van der Waals surface area contributed by atoms with E-state index in [1.54, 1.807) is 0 Å². The third-order valence-electron chi connectivity index (χ3n) is 7.10. The second-order valence-electron chi connectivity index (χ2n) is 9.03. The largest absolute Gasteiger partial charge is 0.456 e. The molecule has 4 rings (SSSR count). The molecule has 2 aliphatic heterocycles. The van der Waals surface area contributed by atoms with Gasteiger partial charge in [-0.15, -0.1) is 0 Å². The zero-order chi connectivity index (χ0) is 20.4. The average Bonchev–Trinajstić information content (AvgIpc) is 3.37. The number of hydrogen-bond donors (Lipinski definition) is 0. The lowest BCUT2D eigenvalue weighted by molar-refractivity contribution is 0.0285. The van der Waals surface area contributed by atoms with E-state index in [1.807, 2.05) is 29.7 Å². The molecule has 3 aliphatic rings. The number of carbonyl (C=O) groups is 2. The van der Waals surface area contributed by atoms with Crippen molar-refractivity contribution in [3.05, 3.63) is 23.2 Å². The Labute approximate surface area is 173 Å². The van der Waals surface area contributed by atoms with Gasteiger partial charge in [-0.3, -0.25) is 4.79 Å². The number of ether oxygens (including phenoxy) is 1. The third kappa shape index (κ3) is 4.46. The number of piperidine rings is 2. The van der Waals surface area contributed by atoms with Gasteiger partial charge < -0.3 is 19.0 Å². The Morgan fingerprint density at radius 2 is 1.66 bits per heavy atom. The number of aryl methyl sites for hydroxylation is 2. The zero-order valence-corrected chi connectivity index (χ0v) is 17.8. The van der Waals surface area contributed by atoms with Gasteiger partial charge in [-0.1, -0.05) is 0 Å². The van der Waals surface area contributed by atoms with Crippen LogP contribution in [0.5, 0.6) is 0 Å². The van der Waals surface area contributed by atoms with Gasteiger partial charge in [0.15, 0.2) is 5.76 Å². The summed E-state index contributed by atoms with van der Waals surface area (Å²) in [6, 6.07) is 2.11. The first kappa shape index (κ1) is 20.3. The van der Waals surface area contributed by atoms with Crippen LogP contribution in [0.4, 0.5) is 4.79 Å². The Morgan fingerprint density at radius 3 is 2.31 bits per heavy atom. The van der Waals surface area contributed by atoms with Gasteiger partial charge in [-0.25, -0.2) is 4.79 Å². The Hall–Kier alpha value is -1.98. The molecule has 1 aromatic heterocycles. The topological polar surface area (TPSA) is 63.0 Å². The number of furan rings is 1. The monoisotopic (exact) mass is 402 g/mol. The molecule has 29 heavy (non-hydrogen) atoms. The fourth-order valence-electron chi connectivity index (χ4n) is 5.21. The molecule has 1 atom stereocenters. The maximum atomic E-state index is 13.1. The molecule has 0 N–H and O–H groups in total. The van der Waals surface area contributed by atoms with Crippen LogP contribution in [-0.4, -0.2) is 53.6 Å². The smallest absolute Gasteiger partial charge is 0.410 e. The second-order valence-corrected chi connectivity index (χ2v) is 9.03. The normalized spacial score (nSPS) is 24.1. The minimum Gasteiger partial charge on any atom is -0.456 e. The minimum absolute atomic E-state index is 0.0222. The molecule has 0 radical (unpaired) electrons. The summed E-state index contributed by atoms with van der Waals surface area (Å²) in [7, 11) is 0. The molecule has 3 heterocycles. The van der Waals surface area contributed by atoms with Crippen molar-refractivity contribution in [3.8, 4) is 0 Å². The first-order chi connectivity index (χ1) is 14.0. The van der Waals surface area contributed by atoms with Crippen LogP contribution in [0.25, 0.3) is 0 Å². The predicted molar refractivity (Wildman–Crippen MR) is 110 cm³/mol. The Morgan fingerprint density at radius 1 is 0.966 bits per heavy atom. The Kier molecular flexibility index (Phi) is 6.16. The Bertz CT molecular complexity index is 710. The first-order valence-corrected chi connectivity index (χ1v) is 11.4. The maximum Gasteiger partial charge on any atom is 0.410 e. The van der Waals surface area contributed by atoms with Crippen molar-refractivity contribution in [2.45, 2.75) is 83.8 Å². The fraction of sp³-hybridized carbons (Fsp3) is 0.739. The summed E-state index contributed by atoms with van der Waals surface area (Å²) in [4.78, 5) is 29.5. The number of nitrogens with zero attached hydrogens (tertiary/aromatic N) is 2. The van der Waals surface area contributed by atoms with Crippen molar-refractivity contribution in [1.82, 2.24) is 9.80 Å². The van der Waals surface area contributed by atoms with Gasteiger partial charge in [-0.05, 0) is 89.2 Å². The van der Waals surface area contributed by atoms with E-state index in [2.05, 4.69) is 0 Å². The van der Waals surface area contributed by atoms with E-state index in [-0.39, 0.29) is 24.1 Å². The van der Waals surface area contributed by atoms with Crippen LogP contribution in [0.1, 0.15) is 79.7 Å². The molecule has 0 aromatic carbocycles. The lowest BCUT2D eigenvalue weighted by Gasteiger charge is -2.43. The molecule has 2 amide bonds. The molecule has 1 unspecified atom stereocenters. The highest BCUT2D eigenvalue weighted by molar-refractivity contribution is 5.92. The summed E-state index contributed by atoms with van der Waals surface area (Å²) in [5.41, 5.74) is 1.02. The van der Waals surface area contributed by atoms with Gasteiger partial charge in [0.05, 0.1) is 0 Å². The summed E-state index contributed by atoms with van der Waals surface area (Å²) in [5.74, 6) is 1.74. The van der Waals surface area contributed by atoms with Crippen molar-refractivity contribution >= 4 is 12.0 Å². The summed E-state index contributed by atoms with van der Waals surface area (Å²) < 4.78 is 11.4. The number of hydrogen-bond acceptors (Lipinski definition) is 4. The van der Waals surface area contributed by atoms with Crippen LogP contribution in [-0.2, 0) is 4.74 Å². The van der Waals surface area contributed by atoms with Gasteiger partial charge in [0.2, 0.25) is 0 Å². The van der Waals surface area contributed by atoms with Crippen molar-refractivity contribution in [3.63, 3.8) is 0 Å². The van der Waals surface area contributed by atoms with Gasteiger partial charge in [0.1, 0.15) is 11.9 Å². The minimum atomic E-state index is -0.145. The van der Waals surface area contributed by atoms with Crippen molar-refractivity contribution in [2.75, 3.05) is 19.6 Å². The highest BCUT2D eigenvalue weighted by atomic mass is 16.6. The van der Waals surface area contributed by atoms with Crippen LogP contribution in [0.3, 0.4) is 0 Å². The predicted octanol–water partition coefficient (Wildman–Crippen LogP) is 4.68.